The molecule has 0 saturated heterocycles. The van der Waals surface area contributed by atoms with Gasteiger partial charge in [0.25, 0.3) is 5.19 Å². The zero-order valence-corrected chi connectivity index (χ0v) is 26.9. The molecule has 2 aliphatic rings. The number of hydrogen-bond acceptors (Lipinski definition) is 7. The average Bonchev–Trinajstić information content (AvgIpc) is 3.54. The van der Waals surface area contributed by atoms with Crippen LogP contribution in [0, 0.1) is 18.8 Å². The Morgan fingerprint density at radius 1 is 0.930 bits per heavy atom. The molecule has 0 spiro atoms. The van der Waals surface area contributed by atoms with Crippen LogP contribution in [0.3, 0.4) is 0 Å². The van der Waals surface area contributed by atoms with Crippen LogP contribution in [0.1, 0.15) is 68.4 Å². The van der Waals surface area contributed by atoms with Crippen LogP contribution in [0.4, 0.5) is 5.69 Å². The van der Waals surface area contributed by atoms with Gasteiger partial charge in [-0.15, -0.1) is 0 Å². The van der Waals surface area contributed by atoms with E-state index in [0.29, 0.717) is 30.2 Å². The predicted molar refractivity (Wildman–Crippen MR) is 172 cm³/mol. The quantitative estimate of drug-likeness (QED) is 0.197. The van der Waals surface area contributed by atoms with E-state index in [1.165, 1.54) is 22.5 Å². The minimum atomic E-state index is 0.0213. The molecule has 2 aliphatic carbocycles. The molecule has 0 unspecified atom stereocenters. The summed E-state index contributed by atoms with van der Waals surface area (Å²) in [6.07, 6.45) is 10.1. The molecule has 8 heteroatoms. The maximum absolute atomic E-state index is 14.2. The van der Waals surface area contributed by atoms with Crippen molar-refractivity contribution in [1.82, 2.24) is 4.98 Å². The third kappa shape index (κ3) is 7.97. The average molecular weight is 607 g/mol. The Morgan fingerprint density at radius 3 is 2.40 bits per heavy atom. The van der Waals surface area contributed by atoms with Crippen molar-refractivity contribution in [1.29, 1.82) is 0 Å². The van der Waals surface area contributed by atoms with E-state index in [1.54, 1.807) is 21.3 Å². The fourth-order valence-corrected chi connectivity index (χ4v) is 7.45. The molecule has 2 saturated carbocycles. The van der Waals surface area contributed by atoms with Crippen molar-refractivity contribution < 1.29 is 23.7 Å². The molecule has 0 bridgehead atoms. The summed E-state index contributed by atoms with van der Waals surface area (Å²) in [6.45, 7) is 4.09. The summed E-state index contributed by atoms with van der Waals surface area (Å²) >= 11 is 1.52. The summed E-state index contributed by atoms with van der Waals surface area (Å²) in [5.41, 5.74) is 4.63. The molecular formula is C35H46N2O5S. The van der Waals surface area contributed by atoms with Crippen molar-refractivity contribution in [3.05, 3.63) is 59.8 Å². The number of aromatic nitrogens is 1. The molecule has 1 heterocycles. The lowest BCUT2D eigenvalue weighted by Gasteiger charge is -2.36. The van der Waals surface area contributed by atoms with Crippen molar-refractivity contribution in [3.8, 4) is 21.4 Å². The molecule has 7 nitrogen and oxygen atoms in total. The lowest BCUT2D eigenvalue weighted by molar-refractivity contribution is -0.124. The maximum Gasteiger partial charge on any atom is 0.273 e. The third-order valence-corrected chi connectivity index (χ3v) is 10.2. The van der Waals surface area contributed by atoms with Crippen LogP contribution in [-0.4, -0.2) is 58.1 Å². The van der Waals surface area contributed by atoms with Gasteiger partial charge in [-0.05, 0) is 105 Å². The molecule has 0 radical (unpaired) electrons. The highest BCUT2D eigenvalue weighted by atomic mass is 32.1. The molecule has 0 atom stereocenters. The first-order valence-corrected chi connectivity index (χ1v) is 16.5. The SMILES string of the molecule is COCCOC1CCC(C(=O)N(CC2CCC(c3ccc(OC)c(C)c3)CC2)c2cccc(-c3cnc(OC)s3)c2)CC1. The van der Waals surface area contributed by atoms with Gasteiger partial charge in [0.05, 0.1) is 38.4 Å². The highest BCUT2D eigenvalue weighted by Crippen LogP contribution is 2.39. The summed E-state index contributed by atoms with van der Waals surface area (Å²) in [5, 5.41) is 0.640. The van der Waals surface area contributed by atoms with E-state index in [0.717, 1.165) is 79.8 Å². The Labute approximate surface area is 260 Å². The van der Waals surface area contributed by atoms with E-state index in [4.69, 9.17) is 18.9 Å². The zero-order chi connectivity index (χ0) is 30.2. The van der Waals surface area contributed by atoms with Crippen molar-refractivity contribution in [3.63, 3.8) is 0 Å². The molecule has 1 amide bonds. The Balaban J connectivity index is 1.30. The number of thiazole rings is 1. The summed E-state index contributed by atoms with van der Waals surface area (Å²) in [4.78, 5) is 21.7. The summed E-state index contributed by atoms with van der Waals surface area (Å²) in [5.74, 6) is 2.25. The lowest BCUT2D eigenvalue weighted by Crippen LogP contribution is -2.42. The van der Waals surface area contributed by atoms with Gasteiger partial charge in [0.15, 0.2) is 0 Å². The number of carbonyl (C=O) groups excluding carboxylic acids is 1. The number of nitrogens with zero attached hydrogens (tertiary/aromatic N) is 2. The van der Waals surface area contributed by atoms with E-state index in [9.17, 15) is 4.79 Å². The van der Waals surface area contributed by atoms with Crippen LogP contribution in [0.25, 0.3) is 10.4 Å². The number of rotatable bonds is 12. The van der Waals surface area contributed by atoms with Crippen LogP contribution in [-0.2, 0) is 14.3 Å². The molecule has 0 N–H and O–H groups in total. The standard InChI is InChI=1S/C35H46N2O5S/c1-24-20-28(14-17-32(24)40-3)26-10-8-25(9-11-26)23-37(34(38)27-12-15-31(16-13-27)42-19-18-39-2)30-7-5-6-29(21-30)33-22-36-35(41-4)43-33/h5-7,14,17,20-22,25-27,31H,8-13,15-16,18-19,23H2,1-4H3. The van der Waals surface area contributed by atoms with Crippen molar-refractivity contribution in [2.75, 3.05) is 46.0 Å². The van der Waals surface area contributed by atoms with E-state index < -0.39 is 0 Å². The minimum Gasteiger partial charge on any atom is -0.496 e. The highest BCUT2D eigenvalue weighted by molar-refractivity contribution is 7.16. The number of anilines is 1. The van der Waals surface area contributed by atoms with Gasteiger partial charge >= 0.3 is 0 Å². The van der Waals surface area contributed by atoms with Gasteiger partial charge < -0.3 is 23.8 Å². The van der Waals surface area contributed by atoms with Crippen molar-refractivity contribution in [2.45, 2.75) is 70.3 Å². The van der Waals surface area contributed by atoms with Gasteiger partial charge in [0, 0.05) is 31.5 Å². The van der Waals surface area contributed by atoms with Gasteiger partial charge in [-0.1, -0.05) is 35.6 Å². The van der Waals surface area contributed by atoms with E-state index >= 15 is 0 Å². The monoisotopic (exact) mass is 606 g/mol. The van der Waals surface area contributed by atoms with Gasteiger partial charge in [-0.2, -0.15) is 0 Å². The predicted octanol–water partition coefficient (Wildman–Crippen LogP) is 7.66. The first kappa shape index (κ1) is 31.5. The van der Waals surface area contributed by atoms with Crippen LogP contribution >= 0.6 is 11.3 Å². The topological polar surface area (TPSA) is 70.1 Å². The largest absolute Gasteiger partial charge is 0.496 e. The fourth-order valence-electron chi connectivity index (χ4n) is 6.72. The maximum atomic E-state index is 14.2. The first-order valence-electron chi connectivity index (χ1n) is 15.7. The third-order valence-electron chi connectivity index (χ3n) is 9.21. The Bertz CT molecular complexity index is 1330. The van der Waals surface area contributed by atoms with Crippen LogP contribution in [0.5, 0.6) is 10.9 Å². The number of methoxy groups -OCH3 is 3. The summed E-state index contributed by atoms with van der Waals surface area (Å²) < 4.78 is 21.9. The van der Waals surface area contributed by atoms with Gasteiger partial charge in [0.2, 0.25) is 5.91 Å². The second-order valence-corrected chi connectivity index (χ2v) is 13.0. The van der Waals surface area contributed by atoms with Crippen molar-refractivity contribution in [2.24, 2.45) is 11.8 Å². The molecule has 232 valence electrons. The van der Waals surface area contributed by atoms with Crippen LogP contribution in [0.15, 0.2) is 48.7 Å². The van der Waals surface area contributed by atoms with E-state index in [2.05, 4.69) is 59.3 Å². The van der Waals surface area contributed by atoms with Gasteiger partial charge in [-0.3, -0.25) is 4.79 Å². The summed E-state index contributed by atoms with van der Waals surface area (Å²) in [7, 11) is 5.06. The van der Waals surface area contributed by atoms with E-state index in [1.807, 2.05) is 6.20 Å². The molecule has 3 aromatic rings. The fraction of sp³-hybridized carbons (Fsp3) is 0.543. The first-order chi connectivity index (χ1) is 21.0. The Morgan fingerprint density at radius 2 is 1.72 bits per heavy atom. The van der Waals surface area contributed by atoms with Crippen LogP contribution < -0.4 is 14.4 Å². The number of aryl methyl sites for hydroxylation is 1. The smallest absolute Gasteiger partial charge is 0.273 e. The second-order valence-electron chi connectivity index (χ2n) is 12.0. The molecule has 0 aliphatic heterocycles. The number of ether oxygens (including phenoxy) is 4. The molecule has 2 aromatic carbocycles. The molecule has 2 fully saturated rings. The lowest BCUT2D eigenvalue weighted by atomic mass is 9.78. The molecular weight excluding hydrogens is 560 g/mol. The molecule has 5 rings (SSSR count). The number of carbonyl (C=O) groups is 1. The summed E-state index contributed by atoms with van der Waals surface area (Å²) in [6, 6.07) is 15.0. The Hall–Kier alpha value is -2.94. The minimum absolute atomic E-state index is 0.0213. The second kappa shape index (κ2) is 15.2. The highest BCUT2D eigenvalue weighted by Gasteiger charge is 2.33. The van der Waals surface area contributed by atoms with Crippen LogP contribution in [0.2, 0.25) is 0 Å². The van der Waals surface area contributed by atoms with E-state index in [-0.39, 0.29) is 17.9 Å². The normalized spacial score (nSPS) is 22.2. The molecule has 1 aromatic heterocycles. The number of hydrogen-bond donors (Lipinski definition) is 0. The number of amides is 1. The van der Waals surface area contributed by atoms with Gasteiger partial charge in [0.1, 0.15) is 5.75 Å². The van der Waals surface area contributed by atoms with Crippen molar-refractivity contribution >= 4 is 22.9 Å². The molecule has 43 heavy (non-hydrogen) atoms. The Kier molecular flexibility index (Phi) is 11.1. The number of benzene rings is 2. The zero-order valence-electron chi connectivity index (χ0n) is 26.1. The van der Waals surface area contributed by atoms with Gasteiger partial charge in [-0.25, -0.2) is 4.98 Å².